The van der Waals surface area contributed by atoms with Gasteiger partial charge in [0.2, 0.25) is 0 Å². The maximum atomic E-state index is 5.41. The highest BCUT2D eigenvalue weighted by Crippen LogP contribution is 2.21. The Morgan fingerprint density at radius 2 is 2.17 bits per heavy atom. The highest BCUT2D eigenvalue weighted by molar-refractivity contribution is 9.11. The molecule has 1 aliphatic rings. The number of thiophene rings is 1. The Kier molecular flexibility index (Phi) is 5.21. The molecule has 0 atom stereocenters. The summed E-state index contributed by atoms with van der Waals surface area (Å²) in [5.41, 5.74) is 1.54. The van der Waals surface area contributed by atoms with Crippen molar-refractivity contribution >= 4 is 27.3 Å². The average Bonchev–Trinajstić information content (AvgIpc) is 2.76. The number of ether oxygens (including phenoxy) is 1. The molecule has 0 bridgehead atoms. The Labute approximate surface area is 122 Å². The lowest BCUT2D eigenvalue weighted by Gasteiger charge is -2.41. The molecule has 0 amide bonds. The van der Waals surface area contributed by atoms with E-state index in [0.717, 1.165) is 39.4 Å². The van der Waals surface area contributed by atoms with Crippen LogP contribution in [0.4, 0.5) is 0 Å². The largest absolute Gasteiger partial charge is 0.379 e. The minimum absolute atomic E-state index is 0.192. The lowest BCUT2D eigenvalue weighted by molar-refractivity contribution is -0.00966. The van der Waals surface area contributed by atoms with Crippen molar-refractivity contribution in [3.05, 3.63) is 20.8 Å². The Bertz CT molecular complexity index is 375. The van der Waals surface area contributed by atoms with E-state index in [0.29, 0.717) is 0 Å². The van der Waals surface area contributed by atoms with Crippen LogP contribution >= 0.6 is 27.3 Å². The number of rotatable bonds is 5. The zero-order chi connectivity index (χ0) is 13.0. The van der Waals surface area contributed by atoms with Gasteiger partial charge in [-0.15, -0.1) is 11.3 Å². The van der Waals surface area contributed by atoms with Crippen molar-refractivity contribution in [1.82, 2.24) is 10.2 Å². The summed E-state index contributed by atoms with van der Waals surface area (Å²) >= 11 is 5.23. The zero-order valence-corrected chi connectivity index (χ0v) is 13.4. The number of hydrogen-bond acceptors (Lipinski definition) is 4. The van der Waals surface area contributed by atoms with E-state index in [-0.39, 0.29) is 5.54 Å². The van der Waals surface area contributed by atoms with Crippen LogP contribution < -0.4 is 5.32 Å². The van der Waals surface area contributed by atoms with Gasteiger partial charge in [-0.25, -0.2) is 0 Å². The average molecular weight is 333 g/mol. The zero-order valence-electron chi connectivity index (χ0n) is 11.0. The molecule has 0 unspecified atom stereocenters. The van der Waals surface area contributed by atoms with Crippen LogP contribution in [0.2, 0.25) is 0 Å². The Morgan fingerprint density at radius 3 is 2.78 bits per heavy atom. The first-order valence-corrected chi connectivity index (χ1v) is 8.02. The first-order chi connectivity index (χ1) is 8.58. The van der Waals surface area contributed by atoms with E-state index in [1.54, 1.807) is 11.3 Å². The molecule has 3 nitrogen and oxygen atoms in total. The van der Waals surface area contributed by atoms with Crippen LogP contribution in [0.3, 0.4) is 0 Å². The van der Waals surface area contributed by atoms with E-state index in [2.05, 4.69) is 51.4 Å². The second kappa shape index (κ2) is 6.48. The number of morpholine rings is 1. The van der Waals surface area contributed by atoms with Crippen molar-refractivity contribution in [3.63, 3.8) is 0 Å². The topological polar surface area (TPSA) is 24.5 Å². The van der Waals surface area contributed by atoms with Gasteiger partial charge >= 0.3 is 0 Å². The number of halogens is 1. The highest BCUT2D eigenvalue weighted by atomic mass is 79.9. The molecule has 1 fully saturated rings. The van der Waals surface area contributed by atoms with E-state index < -0.39 is 0 Å². The van der Waals surface area contributed by atoms with E-state index >= 15 is 0 Å². The van der Waals surface area contributed by atoms with Gasteiger partial charge in [0.1, 0.15) is 0 Å². The Morgan fingerprint density at radius 1 is 1.44 bits per heavy atom. The molecule has 1 saturated heterocycles. The first kappa shape index (κ1) is 14.5. The Hall–Kier alpha value is 0.0600. The van der Waals surface area contributed by atoms with Crippen LogP contribution in [0.15, 0.2) is 15.2 Å². The fourth-order valence-corrected chi connectivity index (χ4v) is 3.44. The molecule has 5 heteroatoms. The standard InChI is InChI=1S/C13H21BrN2OS/c1-13(2,16-3-5-17-6-4-16)10-15-8-11-7-12(14)18-9-11/h7,9,15H,3-6,8,10H2,1-2H3. The van der Waals surface area contributed by atoms with Crippen molar-refractivity contribution in [3.8, 4) is 0 Å². The van der Waals surface area contributed by atoms with Crippen molar-refractivity contribution < 1.29 is 4.74 Å². The second-order valence-electron chi connectivity index (χ2n) is 5.27. The van der Waals surface area contributed by atoms with Crippen molar-refractivity contribution in [2.75, 3.05) is 32.8 Å². The molecule has 1 N–H and O–H groups in total. The molecule has 1 aromatic rings. The number of nitrogens with one attached hydrogen (secondary N) is 1. The van der Waals surface area contributed by atoms with E-state index in [1.165, 1.54) is 9.35 Å². The number of nitrogens with zero attached hydrogens (tertiary/aromatic N) is 1. The molecule has 0 saturated carbocycles. The third-order valence-corrected chi connectivity index (χ3v) is 4.93. The molecular weight excluding hydrogens is 312 g/mol. The molecule has 1 aliphatic heterocycles. The van der Waals surface area contributed by atoms with Crippen molar-refractivity contribution in [2.45, 2.75) is 25.9 Å². The van der Waals surface area contributed by atoms with Crippen LogP contribution in [0, 0.1) is 0 Å². The van der Waals surface area contributed by atoms with Gasteiger partial charge in [-0.2, -0.15) is 0 Å². The summed E-state index contributed by atoms with van der Waals surface area (Å²) in [6.07, 6.45) is 0. The molecule has 0 aromatic carbocycles. The highest BCUT2D eigenvalue weighted by Gasteiger charge is 2.27. The maximum Gasteiger partial charge on any atom is 0.0701 e. The minimum atomic E-state index is 0.192. The van der Waals surface area contributed by atoms with Gasteiger partial charge in [0.25, 0.3) is 0 Å². The van der Waals surface area contributed by atoms with Gasteiger partial charge in [-0.3, -0.25) is 4.90 Å². The van der Waals surface area contributed by atoms with Crippen LogP contribution in [-0.2, 0) is 11.3 Å². The fraction of sp³-hybridized carbons (Fsp3) is 0.692. The lowest BCUT2D eigenvalue weighted by atomic mass is 10.0. The second-order valence-corrected chi connectivity index (χ2v) is 7.56. The van der Waals surface area contributed by atoms with Crippen LogP contribution in [0.1, 0.15) is 19.4 Å². The monoisotopic (exact) mass is 332 g/mol. The third-order valence-electron chi connectivity index (χ3n) is 3.38. The summed E-state index contributed by atoms with van der Waals surface area (Å²) in [5.74, 6) is 0. The molecule has 102 valence electrons. The van der Waals surface area contributed by atoms with Crippen molar-refractivity contribution in [2.24, 2.45) is 0 Å². The molecule has 18 heavy (non-hydrogen) atoms. The van der Waals surface area contributed by atoms with Gasteiger partial charge < -0.3 is 10.1 Å². The summed E-state index contributed by atoms with van der Waals surface area (Å²) in [5, 5.41) is 5.75. The SMILES string of the molecule is CC(C)(CNCc1csc(Br)c1)N1CCOCC1. The number of hydrogen-bond donors (Lipinski definition) is 1. The minimum Gasteiger partial charge on any atom is -0.379 e. The summed E-state index contributed by atoms with van der Waals surface area (Å²) in [6.45, 7) is 10.3. The van der Waals surface area contributed by atoms with Gasteiger partial charge in [0.15, 0.2) is 0 Å². The van der Waals surface area contributed by atoms with Crippen LogP contribution in [0.25, 0.3) is 0 Å². The molecule has 0 aliphatic carbocycles. The summed E-state index contributed by atoms with van der Waals surface area (Å²) in [7, 11) is 0. The van der Waals surface area contributed by atoms with Gasteiger partial charge in [0, 0.05) is 31.7 Å². The quantitative estimate of drug-likeness (QED) is 0.897. The summed E-state index contributed by atoms with van der Waals surface area (Å²) in [4.78, 5) is 2.51. The smallest absolute Gasteiger partial charge is 0.0701 e. The van der Waals surface area contributed by atoms with Crippen LogP contribution in [-0.4, -0.2) is 43.3 Å². The molecule has 2 heterocycles. The van der Waals surface area contributed by atoms with Gasteiger partial charge in [-0.05, 0) is 46.8 Å². The molecule has 2 rings (SSSR count). The van der Waals surface area contributed by atoms with Gasteiger partial charge in [0.05, 0.1) is 17.0 Å². The van der Waals surface area contributed by atoms with Crippen molar-refractivity contribution in [1.29, 1.82) is 0 Å². The van der Waals surface area contributed by atoms with E-state index in [9.17, 15) is 0 Å². The fourth-order valence-electron chi connectivity index (χ4n) is 2.23. The maximum absolute atomic E-state index is 5.41. The van der Waals surface area contributed by atoms with Gasteiger partial charge in [-0.1, -0.05) is 0 Å². The molecular formula is C13H21BrN2OS. The molecule has 0 radical (unpaired) electrons. The summed E-state index contributed by atoms with van der Waals surface area (Å²) in [6, 6.07) is 2.18. The lowest BCUT2D eigenvalue weighted by Crippen LogP contribution is -2.54. The first-order valence-electron chi connectivity index (χ1n) is 6.34. The van der Waals surface area contributed by atoms with Crippen LogP contribution in [0.5, 0.6) is 0 Å². The third kappa shape index (κ3) is 4.03. The molecule has 1 aromatic heterocycles. The normalized spacial score (nSPS) is 18.2. The predicted octanol–water partition coefficient (Wildman–Crippen LogP) is 2.71. The van der Waals surface area contributed by atoms with E-state index in [4.69, 9.17) is 4.74 Å². The Balaban J connectivity index is 1.77. The summed E-state index contributed by atoms with van der Waals surface area (Å²) < 4.78 is 6.61. The molecule has 0 spiro atoms. The predicted molar refractivity (Wildman–Crippen MR) is 80.2 cm³/mol. The van der Waals surface area contributed by atoms with E-state index in [1.807, 2.05) is 0 Å².